The Labute approximate surface area is 192 Å². The van der Waals surface area contributed by atoms with Crippen molar-refractivity contribution in [3.8, 4) is 0 Å². The second-order valence-electron chi connectivity index (χ2n) is 9.49. The first-order chi connectivity index (χ1) is 14.7. The number of allylic oxidation sites excluding steroid dienone is 1. The van der Waals surface area contributed by atoms with Crippen LogP contribution >= 0.6 is 0 Å². The second-order valence-corrected chi connectivity index (χ2v) is 23.5. The molecule has 4 heteroatoms. The summed E-state index contributed by atoms with van der Waals surface area (Å²) in [6, 6.07) is 0. The molecule has 1 saturated carbocycles. The molecule has 1 rings (SSSR count). The van der Waals surface area contributed by atoms with Gasteiger partial charge in [0.25, 0.3) is 0 Å². The van der Waals surface area contributed by atoms with Gasteiger partial charge in [0.2, 0.25) is 0 Å². The normalized spacial score (nSPS) is 17.1. The van der Waals surface area contributed by atoms with Crippen LogP contribution in [0.25, 0.3) is 0 Å². The van der Waals surface area contributed by atoms with E-state index in [2.05, 4.69) is 32.9 Å². The number of hydrogen-bond donors (Lipinski definition) is 0. The van der Waals surface area contributed by atoms with Gasteiger partial charge in [0.05, 0.1) is 0 Å². The van der Waals surface area contributed by atoms with Gasteiger partial charge in [-0.15, -0.1) is 0 Å². The summed E-state index contributed by atoms with van der Waals surface area (Å²) in [4.78, 5) is 0. The van der Waals surface area contributed by atoms with Crippen molar-refractivity contribution in [3.63, 3.8) is 0 Å². The molecule has 1 atom stereocenters. The van der Waals surface area contributed by atoms with Crippen molar-refractivity contribution in [1.29, 1.82) is 0 Å². The molecule has 3 nitrogen and oxygen atoms in total. The zero-order valence-electron chi connectivity index (χ0n) is 20.8. The van der Waals surface area contributed by atoms with E-state index in [0.29, 0.717) is 25.9 Å². The van der Waals surface area contributed by atoms with Crippen molar-refractivity contribution >= 4 is 18.4 Å². The van der Waals surface area contributed by atoms with Crippen LogP contribution in [0.3, 0.4) is 0 Å². The third-order valence-electron chi connectivity index (χ3n) is 6.95. The van der Waals surface area contributed by atoms with Crippen molar-refractivity contribution in [2.75, 3.05) is 27.1 Å². The second kappa shape index (κ2) is 18.9. The van der Waals surface area contributed by atoms with Crippen LogP contribution in [0, 0.1) is 5.92 Å². The van der Waals surface area contributed by atoms with E-state index in [1.54, 1.807) is 20.4 Å². The molecule has 0 aromatic rings. The summed E-state index contributed by atoms with van der Waals surface area (Å²) in [5.74, 6) is 0.674. The molecule has 30 heavy (non-hydrogen) atoms. The van der Waals surface area contributed by atoms with Gasteiger partial charge in [0.1, 0.15) is 0 Å². The molecule has 0 saturated heterocycles. The van der Waals surface area contributed by atoms with Crippen molar-refractivity contribution in [2.24, 2.45) is 5.92 Å². The van der Waals surface area contributed by atoms with Crippen LogP contribution in [-0.4, -0.2) is 51.6 Å². The van der Waals surface area contributed by atoms with Crippen LogP contribution in [0.1, 0.15) is 91.4 Å². The van der Waals surface area contributed by atoms with Gasteiger partial charge in [-0.1, -0.05) is 0 Å². The maximum absolute atomic E-state index is 6.25. The molecule has 1 fully saturated rings. The van der Waals surface area contributed by atoms with Gasteiger partial charge < -0.3 is 0 Å². The molecule has 1 aliphatic rings. The van der Waals surface area contributed by atoms with Crippen LogP contribution < -0.4 is 0 Å². The van der Waals surface area contributed by atoms with Gasteiger partial charge in [-0.3, -0.25) is 0 Å². The predicted molar refractivity (Wildman–Crippen MR) is 133 cm³/mol. The Kier molecular flexibility index (Phi) is 18.0. The van der Waals surface area contributed by atoms with Crippen LogP contribution in [0.15, 0.2) is 12.2 Å². The summed E-state index contributed by atoms with van der Waals surface area (Å²) in [5, 5.41) is 0. The van der Waals surface area contributed by atoms with Gasteiger partial charge in [-0.05, 0) is 0 Å². The molecule has 0 heterocycles. The molecular weight excluding hydrogens is 479 g/mol. The van der Waals surface area contributed by atoms with E-state index in [0.717, 1.165) is 0 Å². The average Bonchev–Trinajstić information content (AvgIpc) is 2.79. The molecule has 0 aromatic carbocycles. The van der Waals surface area contributed by atoms with Crippen molar-refractivity contribution in [1.82, 2.24) is 0 Å². The van der Waals surface area contributed by atoms with Gasteiger partial charge in [-0.25, -0.2) is 0 Å². The zero-order chi connectivity index (χ0) is 21.9. The van der Waals surface area contributed by atoms with E-state index < -0.39 is 18.4 Å². The average molecular weight is 531 g/mol. The summed E-state index contributed by atoms with van der Waals surface area (Å²) in [6.45, 7) is 8.73. The third-order valence-corrected chi connectivity index (χ3v) is 22.2. The Bertz CT molecular complexity index is 385. The van der Waals surface area contributed by atoms with E-state index in [1.807, 2.05) is 0 Å². The van der Waals surface area contributed by atoms with Gasteiger partial charge in [0, 0.05) is 0 Å². The molecule has 0 spiro atoms. The van der Waals surface area contributed by atoms with Crippen molar-refractivity contribution < 1.29 is 14.2 Å². The minimum absolute atomic E-state index is 0.236. The molecule has 1 aliphatic carbocycles. The monoisotopic (exact) mass is 532 g/mol. The van der Waals surface area contributed by atoms with Gasteiger partial charge >= 0.3 is 193 Å². The SMILES string of the molecule is CCC[CH2][Sn]([CH2]/C=C/C(OCOCCOC)C1CCCCC1)([CH2]CCC)[CH2]CCC. The van der Waals surface area contributed by atoms with Crippen LogP contribution in [0.2, 0.25) is 17.7 Å². The van der Waals surface area contributed by atoms with E-state index in [-0.39, 0.29) is 6.10 Å². The Morgan fingerprint density at radius 2 is 1.47 bits per heavy atom. The summed E-state index contributed by atoms with van der Waals surface area (Å²) >= 11 is -2.09. The van der Waals surface area contributed by atoms with E-state index in [4.69, 9.17) is 14.2 Å². The molecule has 0 N–H and O–H groups in total. The fraction of sp³-hybridized carbons (Fsp3) is 0.923. The first kappa shape index (κ1) is 28.5. The fourth-order valence-corrected chi connectivity index (χ4v) is 20.1. The Morgan fingerprint density at radius 1 is 0.867 bits per heavy atom. The van der Waals surface area contributed by atoms with Gasteiger partial charge in [0.15, 0.2) is 0 Å². The first-order valence-corrected chi connectivity index (χ1v) is 21.1. The van der Waals surface area contributed by atoms with Crippen LogP contribution in [0.5, 0.6) is 0 Å². The zero-order valence-corrected chi connectivity index (χ0v) is 23.6. The minimum atomic E-state index is -2.09. The molecule has 0 amide bonds. The van der Waals surface area contributed by atoms with E-state index >= 15 is 0 Å². The maximum atomic E-state index is 6.25. The molecule has 1 unspecified atom stereocenters. The summed E-state index contributed by atoms with van der Waals surface area (Å²) in [5.41, 5.74) is 0. The fourth-order valence-electron chi connectivity index (χ4n) is 4.93. The van der Waals surface area contributed by atoms with Crippen LogP contribution in [0.4, 0.5) is 0 Å². The molecule has 0 bridgehead atoms. The summed E-state index contributed by atoms with van der Waals surface area (Å²) in [7, 11) is 1.71. The Morgan fingerprint density at radius 3 is 2.00 bits per heavy atom. The summed E-state index contributed by atoms with van der Waals surface area (Å²) in [6.07, 6.45) is 20.4. The van der Waals surface area contributed by atoms with Crippen LogP contribution in [-0.2, 0) is 14.2 Å². The van der Waals surface area contributed by atoms with Crippen molar-refractivity contribution in [3.05, 3.63) is 12.2 Å². The molecule has 0 aromatic heterocycles. The summed E-state index contributed by atoms with van der Waals surface area (Å²) < 4.78 is 23.1. The van der Waals surface area contributed by atoms with E-state index in [1.165, 1.54) is 75.1 Å². The first-order valence-electron chi connectivity index (χ1n) is 13.1. The number of hydrogen-bond acceptors (Lipinski definition) is 3. The number of methoxy groups -OCH3 is 1. The van der Waals surface area contributed by atoms with Gasteiger partial charge in [-0.2, -0.15) is 0 Å². The molecular formula is C26H52O3Sn. The topological polar surface area (TPSA) is 27.7 Å². The predicted octanol–water partition coefficient (Wildman–Crippen LogP) is 7.98. The standard InChI is InChI=1S/C14H25O3.3C4H9.Sn/c1-3-7-14(13-8-5-4-6-9-13)17-12-16-11-10-15-2;3*1-3-4-2;/h3,7,13-14H,1,4-6,8-12H2,2H3;3*1,3-4H2,2H3;/b7-3+;;;;. The number of rotatable bonds is 19. The van der Waals surface area contributed by atoms with Crippen molar-refractivity contribution in [2.45, 2.75) is 115 Å². The molecule has 0 radical (unpaired) electrons. The third kappa shape index (κ3) is 12.5. The number of unbranched alkanes of at least 4 members (excludes halogenated alkanes) is 3. The Hall–Kier alpha value is 0.419. The number of ether oxygens (including phenoxy) is 3. The quantitative estimate of drug-likeness (QED) is 0.0732. The van der Waals surface area contributed by atoms with E-state index in [9.17, 15) is 0 Å². The Balaban J connectivity index is 2.75. The molecule has 178 valence electrons. The molecule has 0 aliphatic heterocycles.